The lowest BCUT2D eigenvalue weighted by Crippen LogP contribution is -2.45. The molecule has 3 N–H and O–H groups in total. The molecule has 10 nitrogen and oxygen atoms in total. The van der Waals surface area contributed by atoms with E-state index in [-0.39, 0.29) is 24.0 Å². The van der Waals surface area contributed by atoms with Gasteiger partial charge in [0, 0.05) is 18.1 Å². The molecule has 0 saturated carbocycles. The van der Waals surface area contributed by atoms with Crippen LogP contribution in [0.25, 0.3) is 11.1 Å². The Kier molecular flexibility index (Phi) is 6.72. The second-order valence-corrected chi connectivity index (χ2v) is 7.87. The third-order valence-electron chi connectivity index (χ3n) is 5.59. The van der Waals surface area contributed by atoms with Gasteiger partial charge in [0.1, 0.15) is 18.4 Å². The molecule has 178 valence electrons. The van der Waals surface area contributed by atoms with E-state index in [0.29, 0.717) is 0 Å². The van der Waals surface area contributed by atoms with Crippen LogP contribution in [0.4, 0.5) is 10.5 Å². The zero-order chi connectivity index (χ0) is 24.9. The fraction of sp³-hybridized carbons (Fsp3) is 0.160. The number of alkyl carbamates (subject to hydrolysis) is 1. The number of nitro groups is 1. The van der Waals surface area contributed by atoms with Crippen LogP contribution in [0.2, 0.25) is 0 Å². The second kappa shape index (κ2) is 10.0. The number of benzene rings is 3. The Morgan fingerprint density at radius 2 is 1.51 bits per heavy atom. The van der Waals surface area contributed by atoms with Crippen molar-refractivity contribution in [2.45, 2.75) is 18.4 Å². The molecule has 2 amide bonds. The van der Waals surface area contributed by atoms with E-state index in [2.05, 4.69) is 5.32 Å². The lowest BCUT2D eigenvalue weighted by atomic mass is 9.98. The summed E-state index contributed by atoms with van der Waals surface area (Å²) in [4.78, 5) is 46.7. The molecule has 0 radical (unpaired) electrons. The summed E-state index contributed by atoms with van der Waals surface area (Å²) >= 11 is 0. The molecular formula is C25H21N3O7. The van der Waals surface area contributed by atoms with Crippen molar-refractivity contribution in [3.05, 3.63) is 94.0 Å². The normalized spacial score (nSPS) is 12.7. The number of primary amides is 1. The molecule has 35 heavy (non-hydrogen) atoms. The molecule has 0 spiro atoms. The maximum Gasteiger partial charge on any atom is 0.407 e. The number of rotatable bonds is 8. The first-order chi connectivity index (χ1) is 16.8. The third-order valence-corrected chi connectivity index (χ3v) is 5.59. The molecule has 0 bridgehead atoms. The summed E-state index contributed by atoms with van der Waals surface area (Å²) in [5, 5.41) is 13.1. The monoisotopic (exact) mass is 475 g/mol. The van der Waals surface area contributed by atoms with Crippen LogP contribution in [0.15, 0.2) is 72.8 Å². The Morgan fingerprint density at radius 1 is 0.943 bits per heavy atom. The number of esters is 1. The number of carbonyl (C=O) groups excluding carboxylic acids is 3. The van der Waals surface area contributed by atoms with Crippen LogP contribution in [-0.2, 0) is 14.3 Å². The fourth-order valence-electron chi connectivity index (χ4n) is 4.00. The van der Waals surface area contributed by atoms with Gasteiger partial charge >= 0.3 is 12.1 Å². The number of non-ortho nitro benzene ring substituents is 1. The van der Waals surface area contributed by atoms with E-state index in [1.807, 2.05) is 48.5 Å². The highest BCUT2D eigenvalue weighted by molar-refractivity contribution is 5.88. The van der Waals surface area contributed by atoms with Crippen LogP contribution in [0.1, 0.15) is 23.5 Å². The topological polar surface area (TPSA) is 151 Å². The van der Waals surface area contributed by atoms with Crippen LogP contribution in [0.3, 0.4) is 0 Å². The van der Waals surface area contributed by atoms with Crippen molar-refractivity contribution >= 4 is 23.7 Å². The molecule has 1 aliphatic carbocycles. The zero-order valence-electron chi connectivity index (χ0n) is 18.4. The Bertz CT molecular complexity index is 1240. The first kappa shape index (κ1) is 23.4. The Morgan fingerprint density at radius 3 is 2.06 bits per heavy atom. The van der Waals surface area contributed by atoms with E-state index in [0.717, 1.165) is 34.4 Å². The minimum absolute atomic E-state index is 0.00408. The maximum absolute atomic E-state index is 12.6. The molecule has 1 aliphatic rings. The van der Waals surface area contributed by atoms with Crippen molar-refractivity contribution in [3.63, 3.8) is 0 Å². The van der Waals surface area contributed by atoms with Gasteiger partial charge in [-0.05, 0) is 34.4 Å². The second-order valence-electron chi connectivity index (χ2n) is 7.87. The minimum atomic E-state index is -1.40. The molecule has 0 aliphatic heterocycles. The number of nitrogens with one attached hydrogen (secondary N) is 1. The predicted molar refractivity (Wildman–Crippen MR) is 125 cm³/mol. The third kappa shape index (κ3) is 5.27. The Labute approximate surface area is 199 Å². The van der Waals surface area contributed by atoms with Crippen LogP contribution < -0.4 is 15.8 Å². The van der Waals surface area contributed by atoms with E-state index < -0.39 is 35.4 Å². The zero-order valence-corrected chi connectivity index (χ0v) is 18.4. The number of ether oxygens (including phenoxy) is 2. The van der Waals surface area contributed by atoms with Crippen molar-refractivity contribution in [1.82, 2.24) is 5.32 Å². The van der Waals surface area contributed by atoms with E-state index in [4.69, 9.17) is 15.2 Å². The number of hydrogen-bond donors (Lipinski definition) is 2. The van der Waals surface area contributed by atoms with Crippen molar-refractivity contribution in [2.75, 3.05) is 6.61 Å². The van der Waals surface area contributed by atoms with Crippen molar-refractivity contribution in [2.24, 2.45) is 5.73 Å². The average Bonchev–Trinajstić information content (AvgIpc) is 3.16. The van der Waals surface area contributed by atoms with Crippen LogP contribution in [0.5, 0.6) is 5.75 Å². The highest BCUT2D eigenvalue weighted by atomic mass is 16.6. The summed E-state index contributed by atoms with van der Waals surface area (Å²) in [6, 6.07) is 19.0. The van der Waals surface area contributed by atoms with Gasteiger partial charge in [-0.3, -0.25) is 14.9 Å². The molecule has 3 aromatic carbocycles. The summed E-state index contributed by atoms with van der Waals surface area (Å²) in [5.41, 5.74) is 9.21. The average molecular weight is 475 g/mol. The number of hydrogen-bond acceptors (Lipinski definition) is 7. The van der Waals surface area contributed by atoms with Crippen molar-refractivity contribution < 1.29 is 28.8 Å². The largest absolute Gasteiger partial charge is 0.449 e. The number of carbonyl (C=O) groups is 3. The van der Waals surface area contributed by atoms with E-state index in [9.17, 15) is 24.5 Å². The summed E-state index contributed by atoms with van der Waals surface area (Å²) in [6.07, 6.45) is -1.44. The Hall–Kier alpha value is -4.73. The molecule has 1 atom stereocenters. The number of nitrogens with zero attached hydrogens (tertiary/aromatic N) is 1. The number of amides is 2. The van der Waals surface area contributed by atoms with Crippen LogP contribution in [0, 0.1) is 10.1 Å². The summed E-state index contributed by atoms with van der Waals surface area (Å²) in [7, 11) is 0. The van der Waals surface area contributed by atoms with Gasteiger partial charge in [-0.15, -0.1) is 0 Å². The van der Waals surface area contributed by atoms with E-state index in [1.165, 1.54) is 12.1 Å². The Balaban J connectivity index is 1.41. The first-order valence-corrected chi connectivity index (χ1v) is 10.7. The SMILES string of the molecule is NC(=O)C[C@@H](NC(=O)OCC1c2ccccc2-c2ccccc21)C(=O)Oc1ccc([N+](=O)[O-])cc1. The van der Waals surface area contributed by atoms with Crippen molar-refractivity contribution in [1.29, 1.82) is 0 Å². The van der Waals surface area contributed by atoms with E-state index >= 15 is 0 Å². The quantitative estimate of drug-likeness (QED) is 0.220. The van der Waals surface area contributed by atoms with Gasteiger partial charge in [0.25, 0.3) is 5.69 Å². The first-order valence-electron chi connectivity index (χ1n) is 10.7. The van der Waals surface area contributed by atoms with Gasteiger partial charge in [0.05, 0.1) is 11.3 Å². The van der Waals surface area contributed by atoms with Crippen molar-refractivity contribution in [3.8, 4) is 16.9 Å². The molecular weight excluding hydrogens is 454 g/mol. The lowest BCUT2D eigenvalue weighted by molar-refractivity contribution is -0.384. The molecule has 0 fully saturated rings. The summed E-state index contributed by atoms with van der Waals surface area (Å²) in [6.45, 7) is 0.0144. The smallest absolute Gasteiger partial charge is 0.407 e. The standard InChI is InChI=1S/C25H21N3O7/c26-23(29)13-22(24(30)35-16-11-9-15(10-12-16)28(32)33)27-25(31)34-14-21-19-7-3-1-5-17(19)18-6-2-4-8-20(18)21/h1-12,21-22H,13-14H2,(H2,26,29)(H,27,31)/t22-/m1/s1. The van der Waals surface area contributed by atoms with Gasteiger partial charge in [-0.25, -0.2) is 9.59 Å². The molecule has 4 rings (SSSR count). The van der Waals surface area contributed by atoms with Gasteiger partial charge in [0.15, 0.2) is 0 Å². The van der Waals surface area contributed by atoms with Gasteiger partial charge in [-0.2, -0.15) is 0 Å². The fourth-order valence-corrected chi connectivity index (χ4v) is 4.00. The number of nitrogens with two attached hydrogens (primary N) is 1. The predicted octanol–water partition coefficient (Wildman–Crippen LogP) is 3.28. The summed E-state index contributed by atoms with van der Waals surface area (Å²) < 4.78 is 10.6. The maximum atomic E-state index is 12.6. The molecule has 0 aromatic heterocycles. The highest BCUT2D eigenvalue weighted by Crippen LogP contribution is 2.44. The molecule has 10 heteroatoms. The van der Waals surface area contributed by atoms with Gasteiger partial charge in [0.2, 0.25) is 5.91 Å². The molecule has 0 saturated heterocycles. The van der Waals surface area contributed by atoms with Crippen LogP contribution in [-0.4, -0.2) is 35.5 Å². The molecule has 0 unspecified atom stereocenters. The molecule has 0 heterocycles. The number of fused-ring (bicyclic) bond motifs is 3. The lowest BCUT2D eigenvalue weighted by Gasteiger charge is -2.18. The minimum Gasteiger partial charge on any atom is -0.449 e. The molecule has 3 aromatic rings. The summed E-state index contributed by atoms with van der Waals surface area (Å²) in [5.74, 6) is -1.99. The van der Waals surface area contributed by atoms with Gasteiger partial charge < -0.3 is 20.5 Å². The number of nitro benzene ring substituents is 1. The highest BCUT2D eigenvalue weighted by Gasteiger charge is 2.30. The van der Waals surface area contributed by atoms with E-state index in [1.54, 1.807) is 0 Å². The van der Waals surface area contributed by atoms with Crippen LogP contribution >= 0.6 is 0 Å². The van der Waals surface area contributed by atoms with Gasteiger partial charge in [-0.1, -0.05) is 48.5 Å².